The monoisotopic (exact) mass is 397 g/mol. The van der Waals surface area contributed by atoms with E-state index in [4.69, 9.17) is 9.47 Å². The SMILES string of the molecule is CCOC(=O)CCOC(=O)C(C)N1C(=O)C(=O)c2cc(Br)ccc21. The summed E-state index contributed by atoms with van der Waals surface area (Å²) in [5.74, 6) is -2.62. The van der Waals surface area contributed by atoms with Gasteiger partial charge in [-0.3, -0.25) is 19.3 Å². The Hall–Kier alpha value is -2.22. The Balaban J connectivity index is 2.06. The molecule has 0 saturated carbocycles. The number of nitrogens with zero attached hydrogens (tertiary/aromatic N) is 1. The molecule has 24 heavy (non-hydrogen) atoms. The summed E-state index contributed by atoms with van der Waals surface area (Å²) in [5, 5.41) is 0. The van der Waals surface area contributed by atoms with E-state index in [0.717, 1.165) is 4.90 Å². The average molecular weight is 398 g/mol. The summed E-state index contributed by atoms with van der Waals surface area (Å²) in [7, 11) is 0. The van der Waals surface area contributed by atoms with Gasteiger partial charge in [0.05, 0.1) is 24.3 Å². The van der Waals surface area contributed by atoms with E-state index in [9.17, 15) is 19.2 Å². The molecule has 1 aromatic carbocycles. The fraction of sp³-hybridized carbons (Fsp3) is 0.375. The summed E-state index contributed by atoms with van der Waals surface area (Å²) in [6.07, 6.45) is -0.0668. The lowest BCUT2D eigenvalue weighted by atomic mass is 10.1. The lowest BCUT2D eigenvalue weighted by Crippen LogP contribution is -2.43. The van der Waals surface area contributed by atoms with E-state index in [1.807, 2.05) is 0 Å². The van der Waals surface area contributed by atoms with Crippen LogP contribution in [0.2, 0.25) is 0 Å². The molecule has 0 saturated heterocycles. The van der Waals surface area contributed by atoms with Gasteiger partial charge in [-0.05, 0) is 32.0 Å². The van der Waals surface area contributed by atoms with Crippen LogP contribution in [-0.4, -0.2) is 42.9 Å². The van der Waals surface area contributed by atoms with Crippen molar-refractivity contribution in [2.75, 3.05) is 18.1 Å². The summed E-state index contributed by atoms with van der Waals surface area (Å²) in [5.41, 5.74) is 0.601. The number of Topliss-reactive ketones (excluding diaryl/α,β-unsaturated/α-hetero) is 1. The number of carbonyl (C=O) groups is 4. The van der Waals surface area contributed by atoms with E-state index < -0.39 is 29.7 Å². The number of fused-ring (bicyclic) bond motifs is 1. The number of benzene rings is 1. The minimum Gasteiger partial charge on any atom is -0.466 e. The number of ether oxygens (including phenoxy) is 2. The van der Waals surface area contributed by atoms with E-state index in [1.165, 1.54) is 13.0 Å². The molecule has 1 atom stereocenters. The molecule has 2 rings (SSSR count). The van der Waals surface area contributed by atoms with Gasteiger partial charge in [0.15, 0.2) is 0 Å². The van der Waals surface area contributed by atoms with Crippen LogP contribution in [0.5, 0.6) is 0 Å². The molecule has 0 bridgehead atoms. The van der Waals surface area contributed by atoms with Gasteiger partial charge in [-0.15, -0.1) is 0 Å². The number of halogens is 1. The molecule has 0 radical (unpaired) electrons. The molecular formula is C16H16BrNO6. The maximum Gasteiger partial charge on any atom is 0.328 e. The van der Waals surface area contributed by atoms with Gasteiger partial charge >= 0.3 is 11.9 Å². The van der Waals surface area contributed by atoms with Crippen LogP contribution in [0.1, 0.15) is 30.6 Å². The van der Waals surface area contributed by atoms with Gasteiger partial charge in [-0.25, -0.2) is 4.79 Å². The van der Waals surface area contributed by atoms with Crippen LogP contribution in [0.4, 0.5) is 5.69 Å². The van der Waals surface area contributed by atoms with Crippen LogP contribution in [0.25, 0.3) is 0 Å². The molecule has 0 N–H and O–H groups in total. The van der Waals surface area contributed by atoms with Gasteiger partial charge in [-0.2, -0.15) is 0 Å². The van der Waals surface area contributed by atoms with Gasteiger partial charge in [-0.1, -0.05) is 15.9 Å². The van der Waals surface area contributed by atoms with Gasteiger partial charge < -0.3 is 9.47 Å². The van der Waals surface area contributed by atoms with Crippen molar-refractivity contribution in [2.24, 2.45) is 0 Å². The minimum absolute atomic E-state index is 0.0668. The second kappa shape index (κ2) is 7.57. The van der Waals surface area contributed by atoms with Gasteiger partial charge in [0.2, 0.25) is 0 Å². The first-order chi connectivity index (χ1) is 11.4. The van der Waals surface area contributed by atoms with Crippen LogP contribution in [-0.2, 0) is 23.9 Å². The standard InChI is InChI=1S/C16H16BrNO6/c1-3-23-13(19)6-7-24-16(22)9(2)18-12-5-4-10(17)8-11(12)14(20)15(18)21/h4-5,8-9H,3,6-7H2,1-2H3. The van der Waals surface area contributed by atoms with Crippen LogP contribution in [0.3, 0.4) is 0 Å². The Morgan fingerprint density at radius 1 is 1.25 bits per heavy atom. The zero-order valence-corrected chi connectivity index (χ0v) is 14.8. The summed E-state index contributed by atoms with van der Waals surface area (Å²) in [6, 6.07) is 3.82. The molecule has 1 aromatic rings. The molecule has 7 nitrogen and oxygen atoms in total. The second-order valence-electron chi connectivity index (χ2n) is 5.06. The molecule has 8 heteroatoms. The Morgan fingerprint density at radius 2 is 1.96 bits per heavy atom. The minimum atomic E-state index is -0.980. The molecule has 0 fully saturated rings. The number of ketones is 1. The first-order valence-electron chi connectivity index (χ1n) is 7.36. The number of hydrogen-bond acceptors (Lipinski definition) is 6. The Kier molecular flexibility index (Phi) is 5.71. The number of esters is 2. The average Bonchev–Trinajstić information content (AvgIpc) is 2.78. The number of anilines is 1. The smallest absolute Gasteiger partial charge is 0.328 e. The highest BCUT2D eigenvalue weighted by molar-refractivity contribution is 9.10. The van der Waals surface area contributed by atoms with E-state index in [1.54, 1.807) is 19.1 Å². The molecule has 1 unspecified atom stereocenters. The van der Waals surface area contributed by atoms with Crippen molar-refractivity contribution in [1.82, 2.24) is 0 Å². The van der Waals surface area contributed by atoms with Crippen LogP contribution in [0, 0.1) is 0 Å². The topological polar surface area (TPSA) is 90.0 Å². The summed E-state index contributed by atoms with van der Waals surface area (Å²) < 4.78 is 10.4. The third-order valence-electron chi connectivity index (χ3n) is 3.46. The predicted molar refractivity (Wildman–Crippen MR) is 87.6 cm³/mol. The summed E-state index contributed by atoms with van der Waals surface area (Å²) in [6.45, 7) is 3.25. The van der Waals surface area contributed by atoms with Crippen LogP contribution in [0.15, 0.2) is 22.7 Å². The normalized spacial score (nSPS) is 14.4. The maximum atomic E-state index is 12.2. The first-order valence-corrected chi connectivity index (χ1v) is 8.15. The van der Waals surface area contributed by atoms with E-state index in [2.05, 4.69) is 15.9 Å². The number of amides is 1. The van der Waals surface area contributed by atoms with E-state index >= 15 is 0 Å². The quantitative estimate of drug-likeness (QED) is 0.537. The van der Waals surface area contributed by atoms with E-state index in [-0.39, 0.29) is 25.2 Å². The number of carbonyl (C=O) groups excluding carboxylic acids is 4. The summed E-state index contributed by atoms with van der Waals surface area (Å²) >= 11 is 3.24. The van der Waals surface area contributed by atoms with Gasteiger partial charge in [0, 0.05) is 4.47 Å². The predicted octanol–water partition coefficient (Wildman–Crippen LogP) is 1.86. The van der Waals surface area contributed by atoms with Gasteiger partial charge in [0.25, 0.3) is 11.7 Å². The highest BCUT2D eigenvalue weighted by atomic mass is 79.9. The third-order valence-corrected chi connectivity index (χ3v) is 3.95. The van der Waals surface area contributed by atoms with Gasteiger partial charge in [0.1, 0.15) is 12.6 Å². The van der Waals surface area contributed by atoms with Crippen molar-refractivity contribution in [1.29, 1.82) is 0 Å². The fourth-order valence-corrected chi connectivity index (χ4v) is 2.67. The zero-order valence-electron chi connectivity index (χ0n) is 13.2. The molecule has 0 spiro atoms. The van der Waals surface area contributed by atoms with Crippen molar-refractivity contribution in [3.05, 3.63) is 28.2 Å². The highest BCUT2D eigenvalue weighted by Crippen LogP contribution is 2.33. The Morgan fingerprint density at radius 3 is 2.62 bits per heavy atom. The molecule has 1 amide bonds. The van der Waals surface area contributed by atoms with Crippen molar-refractivity contribution in [3.8, 4) is 0 Å². The van der Waals surface area contributed by atoms with E-state index in [0.29, 0.717) is 10.2 Å². The summed E-state index contributed by atoms with van der Waals surface area (Å²) in [4.78, 5) is 48.6. The molecule has 128 valence electrons. The second-order valence-corrected chi connectivity index (χ2v) is 5.98. The third kappa shape index (κ3) is 3.64. The fourth-order valence-electron chi connectivity index (χ4n) is 2.31. The molecule has 1 aliphatic rings. The van der Waals surface area contributed by atoms with Crippen molar-refractivity contribution in [3.63, 3.8) is 0 Å². The molecule has 1 heterocycles. The van der Waals surface area contributed by atoms with Crippen molar-refractivity contribution >= 4 is 45.2 Å². The van der Waals surface area contributed by atoms with Crippen molar-refractivity contribution < 1.29 is 28.7 Å². The molecule has 1 aliphatic heterocycles. The lowest BCUT2D eigenvalue weighted by molar-refractivity contribution is -0.150. The largest absolute Gasteiger partial charge is 0.466 e. The molecule has 0 aliphatic carbocycles. The highest BCUT2D eigenvalue weighted by Gasteiger charge is 2.41. The lowest BCUT2D eigenvalue weighted by Gasteiger charge is -2.23. The van der Waals surface area contributed by atoms with Crippen molar-refractivity contribution in [2.45, 2.75) is 26.3 Å². The Bertz CT molecular complexity index is 702. The van der Waals surface area contributed by atoms with Crippen LogP contribution >= 0.6 is 15.9 Å². The maximum absolute atomic E-state index is 12.2. The molecular weight excluding hydrogens is 382 g/mol. The Labute approximate surface area is 147 Å². The first kappa shape index (κ1) is 18.1. The molecule has 0 aromatic heterocycles. The number of rotatable bonds is 6. The van der Waals surface area contributed by atoms with Crippen LogP contribution < -0.4 is 4.90 Å². The number of hydrogen-bond donors (Lipinski definition) is 0. The zero-order chi connectivity index (χ0) is 17.9.